The third-order valence-corrected chi connectivity index (χ3v) is 3.24. The average Bonchev–Trinajstić information content (AvgIpc) is 2.25. The first-order chi connectivity index (χ1) is 8.94. The van der Waals surface area contributed by atoms with E-state index in [-0.39, 0.29) is 43.4 Å². The maximum absolute atomic E-state index is 11.3. The summed E-state index contributed by atoms with van der Waals surface area (Å²) in [7, 11) is 0. The van der Waals surface area contributed by atoms with Crippen LogP contribution in [0.5, 0.6) is 0 Å². The van der Waals surface area contributed by atoms with Gasteiger partial charge in [0.1, 0.15) is 6.23 Å². The summed E-state index contributed by atoms with van der Waals surface area (Å²) in [6.07, 6.45) is -0.861. The topological polar surface area (TPSA) is 102 Å². The SMILES string of the molecule is CC(CN1CC(=O)NC(O)C1)N1CC(=O)NC(=O)C1. The molecule has 0 saturated carbocycles. The van der Waals surface area contributed by atoms with Gasteiger partial charge in [0.15, 0.2) is 0 Å². The molecule has 2 saturated heterocycles. The van der Waals surface area contributed by atoms with Gasteiger partial charge in [0, 0.05) is 19.1 Å². The van der Waals surface area contributed by atoms with E-state index >= 15 is 0 Å². The summed E-state index contributed by atoms with van der Waals surface area (Å²) in [5, 5.41) is 14.1. The Labute approximate surface area is 110 Å². The van der Waals surface area contributed by atoms with Crippen molar-refractivity contribution < 1.29 is 19.5 Å². The average molecular weight is 270 g/mol. The lowest BCUT2D eigenvalue weighted by atomic mass is 10.2. The predicted molar refractivity (Wildman–Crippen MR) is 64.8 cm³/mol. The third-order valence-electron chi connectivity index (χ3n) is 3.24. The van der Waals surface area contributed by atoms with Gasteiger partial charge in [-0.15, -0.1) is 0 Å². The fraction of sp³-hybridized carbons (Fsp3) is 0.727. The van der Waals surface area contributed by atoms with Gasteiger partial charge in [-0.05, 0) is 6.92 Å². The fourth-order valence-corrected chi connectivity index (χ4v) is 2.39. The van der Waals surface area contributed by atoms with E-state index in [1.165, 1.54) is 0 Å². The highest BCUT2D eigenvalue weighted by Crippen LogP contribution is 2.07. The second-order valence-electron chi connectivity index (χ2n) is 5.00. The monoisotopic (exact) mass is 270 g/mol. The summed E-state index contributed by atoms with van der Waals surface area (Å²) in [5.41, 5.74) is 0. The molecule has 2 fully saturated rings. The van der Waals surface area contributed by atoms with Gasteiger partial charge in [0.05, 0.1) is 19.6 Å². The maximum Gasteiger partial charge on any atom is 0.240 e. The van der Waals surface area contributed by atoms with E-state index < -0.39 is 6.23 Å². The number of hydrogen-bond donors (Lipinski definition) is 3. The first-order valence-corrected chi connectivity index (χ1v) is 6.20. The first kappa shape index (κ1) is 13.9. The molecule has 2 atom stereocenters. The lowest BCUT2D eigenvalue weighted by Crippen LogP contribution is -2.59. The van der Waals surface area contributed by atoms with Crippen molar-refractivity contribution in [2.45, 2.75) is 19.2 Å². The molecule has 0 aromatic carbocycles. The van der Waals surface area contributed by atoms with Crippen molar-refractivity contribution in [3.8, 4) is 0 Å². The van der Waals surface area contributed by atoms with Gasteiger partial charge in [-0.25, -0.2) is 0 Å². The Bertz CT molecular complexity index is 384. The molecule has 106 valence electrons. The number of aliphatic hydroxyl groups is 1. The first-order valence-electron chi connectivity index (χ1n) is 6.20. The Hall–Kier alpha value is -1.51. The van der Waals surface area contributed by atoms with Crippen LogP contribution in [0.4, 0.5) is 0 Å². The fourth-order valence-electron chi connectivity index (χ4n) is 2.39. The zero-order valence-electron chi connectivity index (χ0n) is 10.8. The quantitative estimate of drug-likeness (QED) is 0.475. The van der Waals surface area contributed by atoms with Crippen molar-refractivity contribution in [2.75, 3.05) is 32.7 Å². The molecule has 0 bridgehead atoms. The normalized spacial score (nSPS) is 27.9. The van der Waals surface area contributed by atoms with Gasteiger partial charge in [0.25, 0.3) is 0 Å². The Morgan fingerprint density at radius 1 is 1.21 bits per heavy atom. The minimum Gasteiger partial charge on any atom is -0.372 e. The van der Waals surface area contributed by atoms with Crippen LogP contribution in [0, 0.1) is 0 Å². The zero-order chi connectivity index (χ0) is 14.0. The molecule has 8 nitrogen and oxygen atoms in total. The van der Waals surface area contributed by atoms with Gasteiger partial charge in [-0.1, -0.05) is 0 Å². The summed E-state index contributed by atoms with van der Waals surface area (Å²) in [6, 6.07) is -0.0481. The van der Waals surface area contributed by atoms with Crippen LogP contribution in [0.15, 0.2) is 0 Å². The van der Waals surface area contributed by atoms with Gasteiger partial charge in [-0.2, -0.15) is 0 Å². The van der Waals surface area contributed by atoms with Gasteiger partial charge < -0.3 is 10.4 Å². The third kappa shape index (κ3) is 3.72. The van der Waals surface area contributed by atoms with Crippen LogP contribution in [-0.4, -0.2) is 77.6 Å². The summed E-state index contributed by atoms with van der Waals surface area (Å²) in [4.78, 5) is 37.5. The second-order valence-corrected chi connectivity index (χ2v) is 5.00. The number of nitrogens with one attached hydrogen (secondary N) is 2. The number of hydrogen-bond acceptors (Lipinski definition) is 6. The number of imide groups is 1. The van der Waals surface area contributed by atoms with E-state index in [0.29, 0.717) is 13.1 Å². The molecule has 2 aliphatic rings. The molecule has 2 heterocycles. The van der Waals surface area contributed by atoms with Crippen LogP contribution in [0.3, 0.4) is 0 Å². The summed E-state index contributed by atoms with van der Waals surface area (Å²) in [5.74, 6) is -0.836. The molecule has 2 unspecified atom stereocenters. The van der Waals surface area contributed by atoms with E-state index in [2.05, 4.69) is 10.6 Å². The highest BCUT2D eigenvalue weighted by atomic mass is 16.3. The van der Waals surface area contributed by atoms with E-state index in [4.69, 9.17) is 0 Å². The standard InChI is InChI=1S/C11H18N4O4/c1-7(15-5-10(18)13-11(19)6-15)2-14-3-8(16)12-9(17)4-14/h7-8,16H,2-6H2,1H3,(H,12,17)(H,13,18,19). The molecule has 0 aliphatic carbocycles. The van der Waals surface area contributed by atoms with E-state index in [0.717, 1.165) is 0 Å². The summed E-state index contributed by atoms with van der Waals surface area (Å²) in [6.45, 7) is 3.33. The number of β-amino-alcohol motifs (C(OH)–C–C–N with tert-alkyl or cyclic N) is 1. The van der Waals surface area contributed by atoms with Crippen LogP contribution in [0.2, 0.25) is 0 Å². The van der Waals surface area contributed by atoms with Crippen LogP contribution >= 0.6 is 0 Å². The molecule has 2 aliphatic heterocycles. The molecule has 0 aromatic heterocycles. The van der Waals surface area contributed by atoms with Crippen molar-refractivity contribution in [1.29, 1.82) is 0 Å². The van der Waals surface area contributed by atoms with Crippen molar-refractivity contribution >= 4 is 17.7 Å². The van der Waals surface area contributed by atoms with E-state index in [1.54, 1.807) is 4.90 Å². The zero-order valence-corrected chi connectivity index (χ0v) is 10.8. The largest absolute Gasteiger partial charge is 0.372 e. The Morgan fingerprint density at radius 3 is 2.42 bits per heavy atom. The molecule has 3 N–H and O–H groups in total. The lowest BCUT2D eigenvalue weighted by molar-refractivity contribution is -0.138. The van der Waals surface area contributed by atoms with Crippen molar-refractivity contribution in [3.05, 3.63) is 0 Å². The van der Waals surface area contributed by atoms with Crippen molar-refractivity contribution in [3.63, 3.8) is 0 Å². The van der Waals surface area contributed by atoms with E-state index in [1.807, 2.05) is 11.8 Å². The molecular formula is C11H18N4O4. The molecule has 0 spiro atoms. The number of rotatable bonds is 3. The van der Waals surface area contributed by atoms with Crippen LogP contribution in [0.25, 0.3) is 0 Å². The van der Waals surface area contributed by atoms with Crippen LogP contribution in [-0.2, 0) is 14.4 Å². The molecule has 8 heteroatoms. The van der Waals surface area contributed by atoms with Gasteiger partial charge >= 0.3 is 0 Å². The Balaban J connectivity index is 1.89. The summed E-state index contributed by atoms with van der Waals surface area (Å²) < 4.78 is 0. The lowest BCUT2D eigenvalue weighted by Gasteiger charge is -2.36. The molecule has 3 amide bonds. The predicted octanol–water partition coefficient (Wildman–Crippen LogP) is -2.92. The van der Waals surface area contributed by atoms with Crippen molar-refractivity contribution in [1.82, 2.24) is 20.4 Å². The smallest absolute Gasteiger partial charge is 0.240 e. The Morgan fingerprint density at radius 2 is 1.84 bits per heavy atom. The minimum absolute atomic E-state index is 0.0481. The van der Waals surface area contributed by atoms with Crippen LogP contribution in [0.1, 0.15) is 6.92 Å². The number of piperazine rings is 2. The van der Waals surface area contributed by atoms with E-state index in [9.17, 15) is 19.5 Å². The molecule has 0 aromatic rings. The van der Waals surface area contributed by atoms with Gasteiger partial charge in [-0.3, -0.25) is 29.5 Å². The number of amides is 3. The highest BCUT2D eigenvalue weighted by molar-refractivity contribution is 5.99. The number of nitrogens with zero attached hydrogens (tertiary/aromatic N) is 2. The number of carbonyl (C=O) groups excluding carboxylic acids is 3. The minimum atomic E-state index is -0.861. The number of carbonyl (C=O) groups is 3. The van der Waals surface area contributed by atoms with Crippen LogP contribution < -0.4 is 10.6 Å². The van der Waals surface area contributed by atoms with Crippen molar-refractivity contribution in [2.24, 2.45) is 0 Å². The summed E-state index contributed by atoms with van der Waals surface area (Å²) >= 11 is 0. The second kappa shape index (κ2) is 5.64. The Kier molecular flexibility index (Phi) is 4.13. The molecular weight excluding hydrogens is 252 g/mol. The molecule has 19 heavy (non-hydrogen) atoms. The molecule has 0 radical (unpaired) electrons. The van der Waals surface area contributed by atoms with Gasteiger partial charge in [0.2, 0.25) is 17.7 Å². The number of aliphatic hydroxyl groups excluding tert-OH is 1. The highest BCUT2D eigenvalue weighted by Gasteiger charge is 2.29. The molecule has 2 rings (SSSR count). The maximum atomic E-state index is 11.3.